The van der Waals surface area contributed by atoms with Gasteiger partial charge in [0.15, 0.2) is 5.96 Å². The Morgan fingerprint density at radius 2 is 2.16 bits per heavy atom. The molecule has 0 spiro atoms. The molecule has 1 atom stereocenters. The highest BCUT2D eigenvalue weighted by Crippen LogP contribution is 2.33. The maximum atomic E-state index is 12.2. The molecule has 1 aromatic carbocycles. The predicted octanol–water partition coefficient (Wildman–Crippen LogP) is 4.12. The third-order valence-corrected chi connectivity index (χ3v) is 5.67. The first-order chi connectivity index (χ1) is 14.5. The Labute approximate surface area is 202 Å². The van der Waals surface area contributed by atoms with E-state index in [1.54, 1.807) is 23.1 Å². The van der Waals surface area contributed by atoms with Crippen LogP contribution in [0.3, 0.4) is 0 Å². The number of piperidine rings is 1. The molecular weight excluding hydrogens is 503 g/mol. The fourth-order valence-corrected chi connectivity index (χ4v) is 4.32. The van der Waals surface area contributed by atoms with E-state index in [9.17, 15) is 4.79 Å². The lowest BCUT2D eigenvalue weighted by Crippen LogP contribution is -2.49. The van der Waals surface area contributed by atoms with E-state index in [-0.39, 0.29) is 36.4 Å². The molecule has 1 saturated heterocycles. The van der Waals surface area contributed by atoms with E-state index in [1.807, 2.05) is 25.2 Å². The number of halogens is 1. The van der Waals surface area contributed by atoms with E-state index < -0.39 is 0 Å². The maximum absolute atomic E-state index is 12.2. The van der Waals surface area contributed by atoms with Gasteiger partial charge in [-0.15, -0.1) is 24.0 Å². The number of hydrogen-bond donors (Lipinski definition) is 2. The Bertz CT molecular complexity index is 850. The first-order valence-corrected chi connectivity index (χ1v) is 10.8. The molecule has 2 N–H and O–H groups in total. The van der Waals surface area contributed by atoms with Crippen molar-refractivity contribution < 1.29 is 4.79 Å². The van der Waals surface area contributed by atoms with Crippen LogP contribution in [0.4, 0.5) is 5.69 Å². The van der Waals surface area contributed by atoms with Gasteiger partial charge in [-0.2, -0.15) is 5.10 Å². The van der Waals surface area contributed by atoms with Crippen LogP contribution in [0.15, 0.2) is 47.7 Å². The molecule has 1 aliphatic heterocycles. The van der Waals surface area contributed by atoms with E-state index in [0.717, 1.165) is 30.3 Å². The Balaban J connectivity index is 0.00000341. The quantitative estimate of drug-likeness (QED) is 0.316. The second-order valence-electron chi connectivity index (χ2n) is 8.44. The fourth-order valence-electron chi connectivity index (χ4n) is 4.32. The van der Waals surface area contributed by atoms with Crippen molar-refractivity contribution in [3.8, 4) is 0 Å². The summed E-state index contributed by atoms with van der Waals surface area (Å²) in [6.45, 7) is 7.61. The topological polar surface area (TPSA) is 74.5 Å². The van der Waals surface area contributed by atoms with E-state index >= 15 is 0 Å². The summed E-state index contributed by atoms with van der Waals surface area (Å²) in [7, 11) is 1.85. The average Bonchev–Trinajstić information content (AvgIpc) is 3.21. The molecule has 7 nitrogen and oxygen atoms in total. The molecule has 0 saturated carbocycles. The standard InChI is InChI=1S/C23H34N6O.HI/c1-4-10-23(2)11-6-13-28(18-23)22(24-3)25-16-19-8-5-9-20(15-19)27-21(30)17-29-14-7-12-26-29;/h5,7-9,12,14-15H,4,6,10-11,13,16-18H2,1-3H3,(H,24,25)(H,27,30);1H. The third-order valence-electron chi connectivity index (χ3n) is 5.67. The van der Waals surface area contributed by atoms with Crippen molar-refractivity contribution in [1.29, 1.82) is 0 Å². The van der Waals surface area contributed by atoms with Gasteiger partial charge in [0.25, 0.3) is 0 Å². The smallest absolute Gasteiger partial charge is 0.246 e. The van der Waals surface area contributed by atoms with Crippen LogP contribution < -0.4 is 10.6 Å². The van der Waals surface area contributed by atoms with Crippen molar-refractivity contribution in [3.63, 3.8) is 0 Å². The highest BCUT2D eigenvalue weighted by molar-refractivity contribution is 14.0. The zero-order chi connectivity index (χ0) is 21.4. The Hall–Kier alpha value is -2.10. The lowest BCUT2D eigenvalue weighted by atomic mass is 9.78. The number of rotatable bonds is 7. The van der Waals surface area contributed by atoms with Gasteiger partial charge in [-0.25, -0.2) is 0 Å². The summed E-state index contributed by atoms with van der Waals surface area (Å²) in [5, 5.41) is 10.5. The number of nitrogens with one attached hydrogen (secondary N) is 2. The lowest BCUT2D eigenvalue weighted by Gasteiger charge is -2.42. The molecule has 8 heteroatoms. The summed E-state index contributed by atoms with van der Waals surface area (Å²) < 4.78 is 1.61. The maximum Gasteiger partial charge on any atom is 0.246 e. The molecule has 3 rings (SSSR count). The van der Waals surface area contributed by atoms with Gasteiger partial charge in [-0.3, -0.25) is 14.5 Å². The van der Waals surface area contributed by atoms with Crippen LogP contribution in [0.25, 0.3) is 0 Å². The number of hydrogen-bond acceptors (Lipinski definition) is 3. The SMILES string of the molecule is CCCC1(C)CCCN(C(=NC)NCc2cccc(NC(=O)Cn3cccn3)c2)C1.I. The molecule has 1 unspecified atom stereocenters. The molecule has 1 fully saturated rings. The van der Waals surface area contributed by atoms with E-state index in [4.69, 9.17) is 0 Å². The molecule has 2 heterocycles. The van der Waals surface area contributed by atoms with Gasteiger partial charge in [-0.05, 0) is 48.4 Å². The molecule has 0 bridgehead atoms. The van der Waals surface area contributed by atoms with E-state index in [1.165, 1.54) is 25.7 Å². The molecule has 1 aromatic heterocycles. The summed E-state index contributed by atoms with van der Waals surface area (Å²) in [5.41, 5.74) is 2.25. The summed E-state index contributed by atoms with van der Waals surface area (Å²) >= 11 is 0. The molecule has 1 amide bonds. The Morgan fingerprint density at radius 1 is 1.32 bits per heavy atom. The number of aromatic nitrogens is 2. The lowest BCUT2D eigenvalue weighted by molar-refractivity contribution is -0.116. The predicted molar refractivity (Wildman–Crippen MR) is 137 cm³/mol. The minimum absolute atomic E-state index is 0. The van der Waals surface area contributed by atoms with Crippen molar-refractivity contribution in [2.45, 2.75) is 52.6 Å². The van der Waals surface area contributed by atoms with Gasteiger partial charge in [0.05, 0.1) is 0 Å². The minimum Gasteiger partial charge on any atom is -0.352 e. The molecule has 0 radical (unpaired) electrons. The van der Waals surface area contributed by atoms with Crippen LogP contribution in [0, 0.1) is 5.41 Å². The van der Waals surface area contributed by atoms with Crippen LogP contribution >= 0.6 is 24.0 Å². The van der Waals surface area contributed by atoms with E-state index in [0.29, 0.717) is 12.0 Å². The highest BCUT2D eigenvalue weighted by Gasteiger charge is 2.31. The number of carbonyl (C=O) groups is 1. The van der Waals surface area contributed by atoms with Gasteiger partial charge in [0.2, 0.25) is 5.91 Å². The highest BCUT2D eigenvalue weighted by atomic mass is 127. The Kier molecular flexibility index (Phi) is 9.80. The van der Waals surface area contributed by atoms with Crippen LogP contribution in [0.2, 0.25) is 0 Å². The monoisotopic (exact) mass is 538 g/mol. The van der Waals surface area contributed by atoms with Crippen molar-refractivity contribution in [1.82, 2.24) is 20.0 Å². The average molecular weight is 538 g/mol. The van der Waals surface area contributed by atoms with Crippen LogP contribution in [-0.4, -0.2) is 46.7 Å². The number of nitrogens with zero attached hydrogens (tertiary/aromatic N) is 4. The van der Waals surface area contributed by atoms with Gasteiger partial charge in [-0.1, -0.05) is 32.4 Å². The van der Waals surface area contributed by atoms with Crippen molar-refractivity contribution in [3.05, 3.63) is 48.3 Å². The minimum atomic E-state index is -0.0943. The second-order valence-corrected chi connectivity index (χ2v) is 8.44. The number of carbonyl (C=O) groups excluding carboxylic acids is 1. The van der Waals surface area contributed by atoms with Crippen molar-refractivity contribution in [2.24, 2.45) is 10.4 Å². The van der Waals surface area contributed by atoms with Gasteiger partial charge >= 0.3 is 0 Å². The number of anilines is 1. The largest absolute Gasteiger partial charge is 0.352 e. The van der Waals surface area contributed by atoms with Gasteiger partial charge in [0.1, 0.15) is 6.54 Å². The zero-order valence-electron chi connectivity index (χ0n) is 18.8. The summed E-state index contributed by atoms with van der Waals surface area (Å²) in [4.78, 5) is 19.1. The van der Waals surface area contributed by atoms with Crippen molar-refractivity contribution >= 4 is 41.5 Å². The first-order valence-electron chi connectivity index (χ1n) is 10.8. The fraction of sp³-hybridized carbons (Fsp3) is 0.522. The number of guanidine groups is 1. The third kappa shape index (κ3) is 7.52. The number of amides is 1. The normalized spacial score (nSPS) is 18.9. The molecular formula is C23H35IN6O. The van der Waals surface area contributed by atoms with Crippen LogP contribution in [-0.2, 0) is 17.9 Å². The van der Waals surface area contributed by atoms with Crippen LogP contribution in [0.5, 0.6) is 0 Å². The summed E-state index contributed by atoms with van der Waals surface area (Å²) in [6.07, 6.45) is 8.40. The van der Waals surface area contributed by atoms with Crippen molar-refractivity contribution in [2.75, 3.05) is 25.5 Å². The number of likely N-dealkylation sites (tertiary alicyclic amines) is 1. The van der Waals surface area contributed by atoms with Gasteiger partial charge < -0.3 is 15.5 Å². The van der Waals surface area contributed by atoms with Gasteiger partial charge in [0, 0.05) is 44.8 Å². The van der Waals surface area contributed by atoms with Crippen LogP contribution in [0.1, 0.15) is 45.1 Å². The molecule has 0 aliphatic carbocycles. The first kappa shape index (κ1) is 25.2. The molecule has 1 aliphatic rings. The number of benzene rings is 1. The molecule has 2 aromatic rings. The zero-order valence-corrected chi connectivity index (χ0v) is 21.1. The molecule has 31 heavy (non-hydrogen) atoms. The molecule has 170 valence electrons. The Morgan fingerprint density at radius 3 is 2.87 bits per heavy atom. The number of aliphatic imine (C=N–C) groups is 1. The van der Waals surface area contributed by atoms with E-state index in [2.05, 4.69) is 45.5 Å². The summed E-state index contributed by atoms with van der Waals surface area (Å²) in [5.74, 6) is 0.855. The summed E-state index contributed by atoms with van der Waals surface area (Å²) in [6, 6.07) is 9.72. The second kappa shape index (κ2) is 12.1.